The summed E-state index contributed by atoms with van der Waals surface area (Å²) in [4.78, 5) is 11.5. The van der Waals surface area contributed by atoms with Gasteiger partial charge in [0.1, 0.15) is 5.75 Å². The third-order valence-corrected chi connectivity index (χ3v) is 2.69. The van der Waals surface area contributed by atoms with Gasteiger partial charge >= 0.3 is 0 Å². The second kappa shape index (κ2) is 5.68. The van der Waals surface area contributed by atoms with Crippen molar-refractivity contribution in [2.24, 2.45) is 0 Å². The van der Waals surface area contributed by atoms with Crippen LogP contribution in [0.3, 0.4) is 0 Å². The predicted octanol–water partition coefficient (Wildman–Crippen LogP) is 1.28. The van der Waals surface area contributed by atoms with Crippen LogP contribution in [-0.4, -0.2) is 31.8 Å². The highest BCUT2D eigenvalue weighted by Gasteiger charge is 2.17. The van der Waals surface area contributed by atoms with Gasteiger partial charge in [0, 0.05) is 6.61 Å². The molecule has 1 aliphatic rings. The number of amides is 1. The number of aryl methyl sites for hydroxylation is 1. The SMILES string of the molecule is Cc1ccc(OCC(=O)NC2CCOC2)cc1. The van der Waals surface area contributed by atoms with Crippen LogP contribution in [0.4, 0.5) is 0 Å². The zero-order chi connectivity index (χ0) is 12.1. The average molecular weight is 235 g/mol. The van der Waals surface area contributed by atoms with Gasteiger partial charge in [0.05, 0.1) is 12.6 Å². The van der Waals surface area contributed by atoms with Crippen LogP contribution in [0, 0.1) is 6.92 Å². The highest BCUT2D eigenvalue weighted by molar-refractivity contribution is 5.77. The second-order valence-corrected chi connectivity index (χ2v) is 4.23. The van der Waals surface area contributed by atoms with E-state index in [1.54, 1.807) is 0 Å². The van der Waals surface area contributed by atoms with Gasteiger partial charge in [-0.15, -0.1) is 0 Å². The lowest BCUT2D eigenvalue weighted by Crippen LogP contribution is -2.38. The van der Waals surface area contributed by atoms with E-state index in [-0.39, 0.29) is 18.6 Å². The van der Waals surface area contributed by atoms with Gasteiger partial charge in [0.25, 0.3) is 5.91 Å². The van der Waals surface area contributed by atoms with Crippen molar-refractivity contribution in [1.29, 1.82) is 0 Å². The standard InChI is InChI=1S/C13H17NO3/c1-10-2-4-12(5-3-10)17-9-13(15)14-11-6-7-16-8-11/h2-5,11H,6-9H2,1H3,(H,14,15). The zero-order valence-corrected chi connectivity index (χ0v) is 9.94. The Morgan fingerprint density at radius 2 is 2.24 bits per heavy atom. The monoisotopic (exact) mass is 235 g/mol. The van der Waals surface area contributed by atoms with Gasteiger partial charge in [0.15, 0.2) is 6.61 Å². The summed E-state index contributed by atoms with van der Waals surface area (Å²) in [6, 6.07) is 7.78. The lowest BCUT2D eigenvalue weighted by molar-refractivity contribution is -0.123. The second-order valence-electron chi connectivity index (χ2n) is 4.23. The zero-order valence-electron chi connectivity index (χ0n) is 9.94. The Hall–Kier alpha value is -1.55. The summed E-state index contributed by atoms with van der Waals surface area (Å²) in [5.74, 6) is 0.620. The first-order valence-corrected chi connectivity index (χ1v) is 5.80. The highest BCUT2D eigenvalue weighted by Crippen LogP contribution is 2.11. The maximum absolute atomic E-state index is 11.5. The lowest BCUT2D eigenvalue weighted by atomic mass is 10.2. The van der Waals surface area contributed by atoms with Crippen molar-refractivity contribution in [2.75, 3.05) is 19.8 Å². The Morgan fingerprint density at radius 1 is 1.47 bits per heavy atom. The Morgan fingerprint density at radius 3 is 2.88 bits per heavy atom. The van der Waals surface area contributed by atoms with Gasteiger partial charge < -0.3 is 14.8 Å². The summed E-state index contributed by atoms with van der Waals surface area (Å²) in [7, 11) is 0. The number of carbonyl (C=O) groups excluding carboxylic acids is 1. The molecule has 0 bridgehead atoms. The molecule has 17 heavy (non-hydrogen) atoms. The van der Waals surface area contributed by atoms with Crippen LogP contribution in [0.15, 0.2) is 24.3 Å². The quantitative estimate of drug-likeness (QED) is 0.855. The van der Waals surface area contributed by atoms with Crippen LogP contribution >= 0.6 is 0 Å². The minimum absolute atomic E-state index is 0.0551. The van der Waals surface area contributed by atoms with Gasteiger partial charge in [-0.1, -0.05) is 17.7 Å². The number of ether oxygens (including phenoxy) is 2. The third-order valence-electron chi connectivity index (χ3n) is 2.69. The molecule has 1 aromatic carbocycles. The van der Waals surface area contributed by atoms with Gasteiger partial charge in [0.2, 0.25) is 0 Å². The summed E-state index contributed by atoms with van der Waals surface area (Å²) in [5, 5.41) is 2.87. The number of rotatable bonds is 4. The molecule has 1 aromatic rings. The first-order valence-electron chi connectivity index (χ1n) is 5.80. The molecule has 0 radical (unpaired) electrons. The average Bonchev–Trinajstić information content (AvgIpc) is 2.81. The smallest absolute Gasteiger partial charge is 0.258 e. The number of benzene rings is 1. The van der Waals surface area contributed by atoms with E-state index in [0.717, 1.165) is 13.0 Å². The topological polar surface area (TPSA) is 47.6 Å². The van der Waals surface area contributed by atoms with Crippen LogP contribution in [0.2, 0.25) is 0 Å². The molecule has 1 heterocycles. The first kappa shape index (κ1) is 11.9. The summed E-state index contributed by atoms with van der Waals surface area (Å²) < 4.78 is 10.6. The highest BCUT2D eigenvalue weighted by atomic mass is 16.5. The van der Waals surface area contributed by atoms with Crippen LogP contribution in [0.5, 0.6) is 5.75 Å². The molecule has 1 N–H and O–H groups in total. The Bertz CT molecular complexity index is 369. The number of hydrogen-bond acceptors (Lipinski definition) is 3. The molecular formula is C13H17NO3. The van der Waals surface area contributed by atoms with Crippen molar-refractivity contribution in [1.82, 2.24) is 5.32 Å². The summed E-state index contributed by atoms with van der Waals surface area (Å²) >= 11 is 0. The van der Waals surface area contributed by atoms with E-state index in [1.807, 2.05) is 31.2 Å². The first-order chi connectivity index (χ1) is 8.24. The van der Waals surface area contributed by atoms with Crippen molar-refractivity contribution in [3.63, 3.8) is 0 Å². The summed E-state index contributed by atoms with van der Waals surface area (Å²) in [6.07, 6.45) is 0.885. The van der Waals surface area contributed by atoms with Crippen LogP contribution < -0.4 is 10.1 Å². The Balaban J connectivity index is 1.73. The minimum atomic E-state index is -0.0962. The minimum Gasteiger partial charge on any atom is -0.484 e. The maximum atomic E-state index is 11.5. The molecule has 1 fully saturated rings. The van der Waals surface area contributed by atoms with Crippen LogP contribution in [-0.2, 0) is 9.53 Å². The molecule has 1 aliphatic heterocycles. The summed E-state index contributed by atoms with van der Waals surface area (Å²) in [5.41, 5.74) is 1.17. The normalized spacial score (nSPS) is 19.0. The third kappa shape index (κ3) is 3.75. The largest absolute Gasteiger partial charge is 0.484 e. The molecule has 4 nitrogen and oxygen atoms in total. The predicted molar refractivity (Wildman–Crippen MR) is 64.0 cm³/mol. The van der Waals surface area contributed by atoms with Crippen molar-refractivity contribution < 1.29 is 14.3 Å². The fraction of sp³-hybridized carbons (Fsp3) is 0.462. The lowest BCUT2D eigenvalue weighted by Gasteiger charge is -2.11. The van der Waals surface area contributed by atoms with Gasteiger partial charge in [-0.25, -0.2) is 0 Å². The van der Waals surface area contributed by atoms with E-state index in [2.05, 4.69) is 5.32 Å². The number of carbonyl (C=O) groups is 1. The fourth-order valence-electron chi connectivity index (χ4n) is 1.70. The maximum Gasteiger partial charge on any atom is 0.258 e. The molecule has 92 valence electrons. The van der Waals surface area contributed by atoms with E-state index in [0.29, 0.717) is 12.4 Å². The van der Waals surface area contributed by atoms with Crippen molar-refractivity contribution in [2.45, 2.75) is 19.4 Å². The fourth-order valence-corrected chi connectivity index (χ4v) is 1.70. The van der Waals surface area contributed by atoms with E-state index < -0.39 is 0 Å². The summed E-state index contributed by atoms with van der Waals surface area (Å²) in [6.45, 7) is 3.40. The Labute approximate surface area is 101 Å². The molecule has 1 atom stereocenters. The molecule has 1 saturated heterocycles. The van der Waals surface area contributed by atoms with Crippen molar-refractivity contribution >= 4 is 5.91 Å². The number of hydrogen-bond donors (Lipinski definition) is 1. The molecule has 2 rings (SSSR count). The van der Waals surface area contributed by atoms with E-state index in [9.17, 15) is 4.79 Å². The van der Waals surface area contributed by atoms with Crippen molar-refractivity contribution in [3.05, 3.63) is 29.8 Å². The molecule has 4 heteroatoms. The van der Waals surface area contributed by atoms with E-state index in [1.165, 1.54) is 5.56 Å². The van der Waals surface area contributed by atoms with Gasteiger partial charge in [-0.3, -0.25) is 4.79 Å². The number of nitrogens with one attached hydrogen (secondary N) is 1. The van der Waals surface area contributed by atoms with E-state index >= 15 is 0 Å². The molecule has 0 spiro atoms. The molecule has 0 aromatic heterocycles. The molecule has 0 aliphatic carbocycles. The Kier molecular flexibility index (Phi) is 3.98. The molecule has 0 saturated carbocycles. The molecule has 1 unspecified atom stereocenters. The molecule has 1 amide bonds. The van der Waals surface area contributed by atoms with Crippen LogP contribution in [0.25, 0.3) is 0 Å². The van der Waals surface area contributed by atoms with Gasteiger partial charge in [-0.2, -0.15) is 0 Å². The van der Waals surface area contributed by atoms with Crippen molar-refractivity contribution in [3.8, 4) is 5.75 Å². The molecular weight excluding hydrogens is 218 g/mol. The van der Waals surface area contributed by atoms with Crippen LogP contribution in [0.1, 0.15) is 12.0 Å². The van der Waals surface area contributed by atoms with E-state index in [4.69, 9.17) is 9.47 Å². The van der Waals surface area contributed by atoms with Gasteiger partial charge in [-0.05, 0) is 25.5 Å².